The van der Waals surface area contributed by atoms with E-state index < -0.39 is 5.92 Å². The van der Waals surface area contributed by atoms with E-state index in [4.69, 9.17) is 9.72 Å². The third-order valence-corrected chi connectivity index (χ3v) is 8.95. The number of ether oxygens (including phenoxy) is 1. The molecule has 5 nitrogen and oxygen atoms in total. The Kier molecular flexibility index (Phi) is 7.77. The number of aromatic hydroxyl groups is 1. The summed E-state index contributed by atoms with van der Waals surface area (Å²) in [5, 5.41) is 13.7. The monoisotopic (exact) mass is 617 g/mol. The molecule has 1 aliphatic carbocycles. The van der Waals surface area contributed by atoms with Crippen LogP contribution in [0.3, 0.4) is 0 Å². The van der Waals surface area contributed by atoms with Crippen molar-refractivity contribution in [2.75, 3.05) is 6.61 Å². The van der Waals surface area contributed by atoms with Crippen LogP contribution in [0.1, 0.15) is 97.0 Å². The smallest absolute Gasteiger partial charge is 0.180 e. The molecule has 0 bridgehead atoms. The normalized spacial score (nSPS) is 15.2. The van der Waals surface area contributed by atoms with Crippen molar-refractivity contribution in [3.8, 4) is 11.5 Å². The number of aromatic nitrogens is 1. The number of carbonyl (C=O) groups excluding carboxylic acids is 2. The number of hydrogen-bond donors (Lipinski definition) is 2. The van der Waals surface area contributed by atoms with E-state index in [1.807, 2.05) is 42.5 Å². The Labute approximate surface area is 270 Å². The number of aryl methyl sites for hydroxylation is 1. The highest BCUT2D eigenvalue weighted by Gasteiger charge is 2.41. The fraction of sp³-hybridized carbons (Fsp3) is 0.308. The van der Waals surface area contributed by atoms with Crippen molar-refractivity contribution in [2.45, 2.75) is 76.0 Å². The van der Waals surface area contributed by atoms with Crippen molar-refractivity contribution in [1.29, 1.82) is 0 Å². The van der Waals surface area contributed by atoms with Crippen LogP contribution < -0.4 is 4.74 Å². The van der Waals surface area contributed by atoms with Gasteiger partial charge in [-0.3, -0.25) is 9.59 Å². The van der Waals surface area contributed by atoms with Gasteiger partial charge in [0.15, 0.2) is 11.6 Å². The number of nitrogens with zero attached hydrogens (tertiary/aromatic N) is 1. The van der Waals surface area contributed by atoms with E-state index in [9.17, 15) is 14.7 Å². The lowest BCUT2D eigenvalue weighted by Gasteiger charge is -2.28. The highest BCUT2D eigenvalue weighted by molar-refractivity contribution is 7.80. The van der Waals surface area contributed by atoms with Crippen molar-refractivity contribution in [1.82, 2.24) is 4.98 Å². The third-order valence-electron chi connectivity index (χ3n) is 8.67. The van der Waals surface area contributed by atoms with E-state index >= 15 is 0 Å². The molecule has 6 heteroatoms. The maximum Gasteiger partial charge on any atom is 0.180 e. The Morgan fingerprint density at radius 1 is 0.778 bits per heavy atom. The largest absolute Gasteiger partial charge is 0.507 e. The van der Waals surface area contributed by atoms with Crippen LogP contribution in [-0.2, 0) is 17.3 Å². The lowest BCUT2D eigenvalue weighted by molar-refractivity contribution is 0.0888. The molecule has 0 fully saturated rings. The number of para-hydroxylation sites is 1. The molecule has 1 heterocycles. The number of pyridine rings is 1. The summed E-state index contributed by atoms with van der Waals surface area (Å²) in [5.41, 5.74) is 4.63. The van der Waals surface area contributed by atoms with E-state index in [-0.39, 0.29) is 22.4 Å². The van der Waals surface area contributed by atoms with Gasteiger partial charge in [0.1, 0.15) is 22.9 Å². The fourth-order valence-electron chi connectivity index (χ4n) is 6.24. The summed E-state index contributed by atoms with van der Waals surface area (Å²) in [4.78, 5) is 32.8. The number of Topliss-reactive ketones (excluding diaryl/α,β-unsaturated/α-hetero) is 2. The maximum atomic E-state index is 13.6. The SMILES string of the molecule is CC(C)(C)c1cc(CCCOc2cccc3ccc(C4C(=O)c5cc6ccc(S)cc6cc5C4=O)nc23)cc(C(C)(C)C)c1O. The number of rotatable bonds is 6. The molecular weight excluding hydrogens is 578 g/mol. The number of ketones is 2. The van der Waals surface area contributed by atoms with Gasteiger partial charge in [0.25, 0.3) is 0 Å². The van der Waals surface area contributed by atoms with Crippen LogP contribution in [0, 0.1) is 0 Å². The van der Waals surface area contributed by atoms with Gasteiger partial charge >= 0.3 is 0 Å². The minimum Gasteiger partial charge on any atom is -0.507 e. The Morgan fingerprint density at radius 3 is 2.04 bits per heavy atom. The number of phenols is 1. The van der Waals surface area contributed by atoms with Crippen LogP contribution in [0.4, 0.5) is 0 Å². The van der Waals surface area contributed by atoms with Crippen molar-refractivity contribution in [3.63, 3.8) is 0 Å². The van der Waals surface area contributed by atoms with E-state index in [2.05, 4.69) is 66.3 Å². The number of thiol groups is 1. The van der Waals surface area contributed by atoms with Gasteiger partial charge in [0, 0.05) is 21.4 Å². The summed E-state index contributed by atoms with van der Waals surface area (Å²) in [7, 11) is 0. The molecule has 5 aromatic rings. The van der Waals surface area contributed by atoms with E-state index in [0.29, 0.717) is 40.4 Å². The van der Waals surface area contributed by atoms with Gasteiger partial charge < -0.3 is 9.84 Å². The molecular formula is C39H39NO4S. The van der Waals surface area contributed by atoms with E-state index in [0.717, 1.165) is 45.0 Å². The first-order chi connectivity index (χ1) is 21.2. The zero-order valence-corrected chi connectivity index (χ0v) is 27.6. The summed E-state index contributed by atoms with van der Waals surface area (Å²) in [6.45, 7) is 13.2. The molecule has 6 rings (SSSR count). The first-order valence-electron chi connectivity index (χ1n) is 15.5. The van der Waals surface area contributed by atoms with Gasteiger partial charge in [-0.15, -0.1) is 12.6 Å². The standard InChI is InChI=1S/C39H39NO4S/c1-38(2,3)29-17-22(18-30(37(29)43)39(4,5)6)9-8-16-44-32-11-7-10-23-13-15-31(40-34(23)32)33-35(41)27-20-24-12-14-26(45)19-25(24)21-28(27)36(33)42/h7,10-15,17-21,33,43,45H,8-9,16H2,1-6H3. The average molecular weight is 618 g/mol. The molecule has 45 heavy (non-hydrogen) atoms. The Bertz CT molecular complexity index is 1960. The van der Waals surface area contributed by atoms with Gasteiger partial charge in [-0.1, -0.05) is 77.9 Å². The zero-order valence-electron chi connectivity index (χ0n) is 26.7. The molecule has 4 aromatic carbocycles. The molecule has 1 atom stereocenters. The number of carbonyl (C=O) groups is 2. The van der Waals surface area contributed by atoms with E-state index in [1.165, 1.54) is 5.56 Å². The summed E-state index contributed by atoms with van der Waals surface area (Å²) in [6, 6.07) is 22.9. The summed E-state index contributed by atoms with van der Waals surface area (Å²) < 4.78 is 6.27. The Morgan fingerprint density at radius 2 is 1.40 bits per heavy atom. The Balaban J connectivity index is 1.23. The molecule has 0 amide bonds. The van der Waals surface area contributed by atoms with Crippen LogP contribution >= 0.6 is 12.6 Å². The lowest BCUT2D eigenvalue weighted by atomic mass is 9.78. The molecule has 1 aromatic heterocycles. The molecule has 0 radical (unpaired) electrons. The number of hydrogen-bond acceptors (Lipinski definition) is 6. The van der Waals surface area contributed by atoms with Crippen molar-refractivity contribution < 1.29 is 19.4 Å². The minimum absolute atomic E-state index is 0.185. The van der Waals surface area contributed by atoms with Crippen LogP contribution in [0.15, 0.2) is 77.7 Å². The molecule has 0 aliphatic heterocycles. The zero-order chi connectivity index (χ0) is 32.3. The molecule has 0 saturated heterocycles. The second kappa shape index (κ2) is 11.3. The molecule has 1 aliphatic rings. The topological polar surface area (TPSA) is 76.5 Å². The quantitative estimate of drug-likeness (QED) is 0.113. The van der Waals surface area contributed by atoms with Crippen LogP contribution in [0.2, 0.25) is 0 Å². The molecule has 0 saturated carbocycles. The molecule has 0 spiro atoms. The number of fused-ring (bicyclic) bond motifs is 3. The summed E-state index contributed by atoms with van der Waals surface area (Å²) >= 11 is 4.42. The third kappa shape index (κ3) is 5.84. The Hall–Kier alpha value is -4.16. The van der Waals surface area contributed by atoms with E-state index in [1.54, 1.807) is 18.2 Å². The maximum absolute atomic E-state index is 13.6. The molecule has 1 N–H and O–H groups in total. The summed E-state index contributed by atoms with van der Waals surface area (Å²) in [5.74, 6) is -0.434. The fourth-order valence-corrected chi connectivity index (χ4v) is 6.46. The van der Waals surface area contributed by atoms with Crippen molar-refractivity contribution in [3.05, 3.63) is 106 Å². The van der Waals surface area contributed by atoms with Crippen LogP contribution in [0.25, 0.3) is 21.7 Å². The van der Waals surface area contributed by atoms with Crippen molar-refractivity contribution in [2.24, 2.45) is 0 Å². The minimum atomic E-state index is -0.978. The van der Waals surface area contributed by atoms with Gasteiger partial charge in [-0.2, -0.15) is 0 Å². The average Bonchev–Trinajstić information content (AvgIpc) is 3.21. The molecule has 1 unspecified atom stereocenters. The lowest BCUT2D eigenvalue weighted by Crippen LogP contribution is -2.18. The first-order valence-corrected chi connectivity index (χ1v) is 15.9. The summed E-state index contributed by atoms with van der Waals surface area (Å²) in [6.07, 6.45) is 1.56. The number of phenolic OH excluding ortho intramolecular Hbond substituents is 1. The van der Waals surface area contributed by atoms with Crippen LogP contribution in [0.5, 0.6) is 11.5 Å². The van der Waals surface area contributed by atoms with Crippen LogP contribution in [-0.4, -0.2) is 28.3 Å². The second-order valence-corrected chi connectivity index (χ2v) is 14.7. The number of benzene rings is 4. The van der Waals surface area contributed by atoms with Gasteiger partial charge in [-0.25, -0.2) is 4.98 Å². The molecule has 230 valence electrons. The highest BCUT2D eigenvalue weighted by Crippen LogP contribution is 2.40. The van der Waals surface area contributed by atoms with Gasteiger partial charge in [-0.05, 0) is 87.5 Å². The van der Waals surface area contributed by atoms with Crippen molar-refractivity contribution >= 4 is 45.9 Å². The predicted molar refractivity (Wildman–Crippen MR) is 184 cm³/mol. The highest BCUT2D eigenvalue weighted by atomic mass is 32.1. The predicted octanol–water partition coefficient (Wildman–Crippen LogP) is 9.15. The van der Waals surface area contributed by atoms with Gasteiger partial charge in [0.05, 0.1) is 12.3 Å². The van der Waals surface area contributed by atoms with Gasteiger partial charge in [0.2, 0.25) is 0 Å². The first kappa shape index (κ1) is 30.8. The second-order valence-electron chi connectivity index (χ2n) is 14.1.